The number of nitrogens with two attached hydrogens (primary N) is 1. The number of hydrogen-bond donors (Lipinski definition) is 1. The van der Waals surface area contributed by atoms with Gasteiger partial charge in [-0.3, -0.25) is 4.79 Å². The Morgan fingerprint density at radius 2 is 1.66 bits per heavy atom. The van der Waals surface area contributed by atoms with Crippen molar-refractivity contribution in [3.8, 4) is 17.2 Å². The topological polar surface area (TPSA) is 131 Å². The van der Waals surface area contributed by atoms with Crippen molar-refractivity contribution in [3.05, 3.63) is 48.0 Å². The van der Waals surface area contributed by atoms with Gasteiger partial charge >= 0.3 is 5.97 Å². The molecular weight excluding hydrogens is 402 g/mol. The number of primary sulfonamides is 1. The summed E-state index contributed by atoms with van der Waals surface area (Å²) < 4.78 is 43.2. The Labute approximate surface area is 168 Å². The van der Waals surface area contributed by atoms with Gasteiger partial charge in [0.05, 0.1) is 12.0 Å². The second kappa shape index (κ2) is 9.89. The molecule has 0 heterocycles. The number of benzene rings is 2. The van der Waals surface area contributed by atoms with E-state index >= 15 is 0 Å². The molecule has 9 nitrogen and oxygen atoms in total. The van der Waals surface area contributed by atoms with Crippen molar-refractivity contribution in [1.82, 2.24) is 0 Å². The van der Waals surface area contributed by atoms with Gasteiger partial charge < -0.3 is 18.9 Å². The van der Waals surface area contributed by atoms with Gasteiger partial charge in [-0.2, -0.15) is 0 Å². The first-order valence-corrected chi connectivity index (χ1v) is 9.98. The Kier molecular flexibility index (Phi) is 7.57. The normalized spacial score (nSPS) is 10.9. The summed E-state index contributed by atoms with van der Waals surface area (Å²) in [5.41, 5.74) is 0.464. The quantitative estimate of drug-likeness (QED) is 0.346. The molecule has 0 unspecified atom stereocenters. The van der Waals surface area contributed by atoms with Crippen molar-refractivity contribution >= 4 is 21.8 Å². The van der Waals surface area contributed by atoms with Crippen LogP contribution < -0.4 is 19.3 Å². The lowest BCUT2D eigenvalue weighted by Gasteiger charge is -2.11. The lowest BCUT2D eigenvalue weighted by Crippen LogP contribution is -2.18. The molecule has 2 N–H and O–H groups in total. The number of carbonyl (C=O) groups is 2. The predicted octanol–water partition coefficient (Wildman–Crippen LogP) is 1.55. The molecule has 156 valence electrons. The Bertz CT molecular complexity index is 970. The molecule has 0 atom stereocenters. The summed E-state index contributed by atoms with van der Waals surface area (Å²) >= 11 is 0. The largest absolute Gasteiger partial charge is 0.493 e. The first-order chi connectivity index (χ1) is 13.7. The van der Waals surface area contributed by atoms with Crippen LogP contribution in [0.4, 0.5) is 0 Å². The third-order valence-electron chi connectivity index (χ3n) is 3.68. The number of rotatable bonds is 10. The number of esters is 1. The molecule has 0 aliphatic rings. The van der Waals surface area contributed by atoms with Gasteiger partial charge in [0.15, 0.2) is 23.9 Å². The van der Waals surface area contributed by atoms with Crippen LogP contribution in [0, 0.1) is 0 Å². The summed E-state index contributed by atoms with van der Waals surface area (Å²) in [6.45, 7) is 1.12. The van der Waals surface area contributed by atoms with Crippen LogP contribution in [-0.2, 0) is 19.6 Å². The summed E-state index contributed by atoms with van der Waals surface area (Å²) in [7, 11) is -2.33. The molecule has 0 bridgehead atoms. The first kappa shape index (κ1) is 22.2. The van der Waals surface area contributed by atoms with E-state index in [0.29, 0.717) is 22.8 Å². The minimum absolute atomic E-state index is 0.0276. The van der Waals surface area contributed by atoms with E-state index in [1.807, 2.05) is 0 Å². The zero-order valence-corrected chi connectivity index (χ0v) is 16.7. The van der Waals surface area contributed by atoms with Gasteiger partial charge in [-0.1, -0.05) is 0 Å². The third kappa shape index (κ3) is 6.77. The molecule has 0 aliphatic carbocycles. The van der Waals surface area contributed by atoms with E-state index in [9.17, 15) is 18.0 Å². The van der Waals surface area contributed by atoms with Crippen molar-refractivity contribution < 1.29 is 37.0 Å². The maximum absolute atomic E-state index is 11.8. The average Bonchev–Trinajstić information content (AvgIpc) is 2.69. The molecule has 10 heteroatoms. The number of Topliss-reactive ketones (excluding diaryl/α,β-unsaturated/α-hetero) is 1. The Morgan fingerprint density at radius 1 is 0.966 bits per heavy atom. The van der Waals surface area contributed by atoms with E-state index < -0.39 is 16.0 Å². The first-order valence-electron chi connectivity index (χ1n) is 8.44. The summed E-state index contributed by atoms with van der Waals surface area (Å²) in [5.74, 6) is 0.307. The van der Waals surface area contributed by atoms with Crippen molar-refractivity contribution in [2.45, 2.75) is 11.8 Å². The molecular formula is C19H21NO8S. The van der Waals surface area contributed by atoms with Crippen molar-refractivity contribution in [1.29, 1.82) is 0 Å². The van der Waals surface area contributed by atoms with Crippen LogP contribution in [0.1, 0.15) is 17.3 Å². The summed E-state index contributed by atoms with van der Waals surface area (Å²) in [6, 6.07) is 10.2. The Balaban J connectivity index is 1.76. The van der Waals surface area contributed by atoms with Crippen LogP contribution >= 0.6 is 0 Å². The molecule has 0 saturated heterocycles. The highest BCUT2D eigenvalue weighted by molar-refractivity contribution is 7.89. The van der Waals surface area contributed by atoms with Crippen molar-refractivity contribution in [2.24, 2.45) is 5.14 Å². The summed E-state index contributed by atoms with van der Waals surface area (Å²) in [4.78, 5) is 23.1. The lowest BCUT2D eigenvalue weighted by molar-refractivity contribution is -0.146. The third-order valence-corrected chi connectivity index (χ3v) is 4.61. The molecule has 0 aromatic heterocycles. The number of ether oxygens (including phenoxy) is 4. The van der Waals surface area contributed by atoms with E-state index in [4.69, 9.17) is 24.1 Å². The molecule has 2 aromatic rings. The number of carbonyl (C=O) groups excluding carboxylic acids is 2. The smallest absolute Gasteiger partial charge is 0.344 e. The van der Waals surface area contributed by atoms with Gasteiger partial charge in [0.25, 0.3) is 0 Å². The molecule has 0 spiro atoms. The zero-order chi connectivity index (χ0) is 21.4. The van der Waals surface area contributed by atoms with E-state index in [1.54, 1.807) is 6.07 Å². The number of methoxy groups -OCH3 is 1. The molecule has 0 radical (unpaired) electrons. The predicted molar refractivity (Wildman–Crippen MR) is 103 cm³/mol. The fraction of sp³-hybridized carbons (Fsp3) is 0.263. The van der Waals surface area contributed by atoms with E-state index in [-0.39, 0.29) is 30.5 Å². The van der Waals surface area contributed by atoms with Crippen LogP contribution in [0.2, 0.25) is 0 Å². The fourth-order valence-electron chi connectivity index (χ4n) is 2.22. The standard InChI is InChI=1S/C19H21NO8S/c1-13(21)14-3-8-17(18(11-14)25-2)28-12-19(22)27-10-9-26-15-4-6-16(7-5-15)29(20,23)24/h3-8,11H,9-10,12H2,1-2H3,(H2,20,23,24). The highest BCUT2D eigenvalue weighted by Crippen LogP contribution is 2.28. The van der Waals surface area contributed by atoms with Gasteiger partial charge in [0, 0.05) is 5.56 Å². The highest BCUT2D eigenvalue weighted by Gasteiger charge is 2.11. The van der Waals surface area contributed by atoms with Gasteiger partial charge in [-0.15, -0.1) is 0 Å². The van der Waals surface area contributed by atoms with Crippen LogP contribution in [0.3, 0.4) is 0 Å². The van der Waals surface area contributed by atoms with Gasteiger partial charge in [0.2, 0.25) is 10.0 Å². The monoisotopic (exact) mass is 423 g/mol. The maximum Gasteiger partial charge on any atom is 0.344 e. The number of ketones is 1. The number of sulfonamides is 1. The van der Waals surface area contributed by atoms with Gasteiger partial charge in [-0.05, 0) is 49.4 Å². The Hall–Kier alpha value is -3.11. The molecule has 0 saturated carbocycles. The Morgan fingerprint density at radius 3 is 2.24 bits per heavy atom. The summed E-state index contributed by atoms with van der Waals surface area (Å²) in [6.07, 6.45) is 0. The number of hydrogen-bond acceptors (Lipinski definition) is 8. The second-order valence-corrected chi connectivity index (χ2v) is 7.36. The molecule has 0 amide bonds. The molecule has 2 aromatic carbocycles. The average molecular weight is 423 g/mol. The lowest BCUT2D eigenvalue weighted by atomic mass is 10.1. The summed E-state index contributed by atoms with van der Waals surface area (Å²) in [5, 5.41) is 5.01. The van der Waals surface area contributed by atoms with Gasteiger partial charge in [0.1, 0.15) is 19.0 Å². The van der Waals surface area contributed by atoms with E-state index in [0.717, 1.165) is 0 Å². The fourth-order valence-corrected chi connectivity index (χ4v) is 2.74. The van der Waals surface area contributed by atoms with Crippen molar-refractivity contribution in [2.75, 3.05) is 26.9 Å². The van der Waals surface area contributed by atoms with Crippen LogP contribution in [-0.4, -0.2) is 47.1 Å². The minimum atomic E-state index is -3.76. The maximum atomic E-state index is 11.8. The SMILES string of the molecule is COc1cc(C(C)=O)ccc1OCC(=O)OCCOc1ccc(S(N)(=O)=O)cc1. The van der Waals surface area contributed by atoms with E-state index in [2.05, 4.69) is 0 Å². The van der Waals surface area contributed by atoms with E-state index in [1.165, 1.54) is 50.4 Å². The van der Waals surface area contributed by atoms with Crippen LogP contribution in [0.15, 0.2) is 47.4 Å². The second-order valence-electron chi connectivity index (χ2n) is 5.80. The van der Waals surface area contributed by atoms with Crippen molar-refractivity contribution in [3.63, 3.8) is 0 Å². The van der Waals surface area contributed by atoms with Gasteiger partial charge in [-0.25, -0.2) is 18.4 Å². The van der Waals surface area contributed by atoms with Crippen LogP contribution in [0.5, 0.6) is 17.2 Å². The van der Waals surface area contributed by atoms with Crippen LogP contribution in [0.25, 0.3) is 0 Å². The minimum Gasteiger partial charge on any atom is -0.493 e. The molecule has 0 fully saturated rings. The zero-order valence-electron chi connectivity index (χ0n) is 15.9. The molecule has 29 heavy (non-hydrogen) atoms. The molecule has 2 rings (SSSR count). The molecule has 0 aliphatic heterocycles. The highest BCUT2D eigenvalue weighted by atomic mass is 32.2.